The van der Waals surface area contributed by atoms with Crippen LogP contribution in [-0.4, -0.2) is 51.3 Å². The lowest BCUT2D eigenvalue weighted by molar-refractivity contribution is -0.138. The van der Waals surface area contributed by atoms with Gasteiger partial charge in [0.15, 0.2) is 0 Å². The first-order valence-electron chi connectivity index (χ1n) is 11.4. The first kappa shape index (κ1) is 20.2. The summed E-state index contributed by atoms with van der Waals surface area (Å²) < 4.78 is 15.6. The highest BCUT2D eigenvalue weighted by atomic mass is 19.1. The van der Waals surface area contributed by atoms with Crippen LogP contribution in [0.1, 0.15) is 37.8 Å². The molecule has 1 aliphatic heterocycles. The van der Waals surface area contributed by atoms with Crippen LogP contribution in [0.5, 0.6) is 0 Å². The van der Waals surface area contributed by atoms with E-state index in [9.17, 15) is 9.18 Å². The van der Waals surface area contributed by atoms with Crippen molar-refractivity contribution in [1.29, 1.82) is 0 Å². The minimum atomic E-state index is -0.243. The summed E-state index contributed by atoms with van der Waals surface area (Å²) in [6.45, 7) is 4.06. The largest absolute Gasteiger partial charge is 0.340 e. The number of fused-ring (bicyclic) bond motifs is 1. The number of carbonyl (C=O) groups excluding carboxylic acids is 1. The molecule has 1 saturated carbocycles. The van der Waals surface area contributed by atoms with E-state index in [-0.39, 0.29) is 11.7 Å². The van der Waals surface area contributed by atoms with Gasteiger partial charge in [0.05, 0.1) is 11.4 Å². The standard InChI is InChI=1S/C25H29FN4O/c26-21-11-9-19(10-12-21)24-22(30-13-5-4-8-23(30)27-24)18-28-14-16-29(17-15-28)25(31)20-6-2-1-3-7-20/h4-5,8-13,20H,1-3,6-7,14-18H2. The van der Waals surface area contributed by atoms with E-state index in [1.807, 2.05) is 24.4 Å². The van der Waals surface area contributed by atoms with Gasteiger partial charge in [-0.2, -0.15) is 0 Å². The van der Waals surface area contributed by atoms with Crippen LogP contribution in [0.4, 0.5) is 4.39 Å². The number of piperazine rings is 1. The lowest BCUT2D eigenvalue weighted by atomic mass is 9.88. The van der Waals surface area contributed by atoms with Crippen LogP contribution in [0.15, 0.2) is 48.7 Å². The van der Waals surface area contributed by atoms with Gasteiger partial charge in [0, 0.05) is 50.4 Å². The summed E-state index contributed by atoms with van der Waals surface area (Å²) >= 11 is 0. The van der Waals surface area contributed by atoms with E-state index in [4.69, 9.17) is 4.98 Å². The molecule has 0 spiro atoms. The first-order valence-corrected chi connectivity index (χ1v) is 11.4. The molecular weight excluding hydrogens is 391 g/mol. The molecule has 3 heterocycles. The highest BCUT2D eigenvalue weighted by Gasteiger charge is 2.29. The van der Waals surface area contributed by atoms with Crippen LogP contribution >= 0.6 is 0 Å². The highest BCUT2D eigenvalue weighted by Crippen LogP contribution is 2.28. The predicted octanol–water partition coefficient (Wildman–Crippen LogP) is 4.36. The lowest BCUT2D eigenvalue weighted by Gasteiger charge is -2.37. The van der Waals surface area contributed by atoms with Gasteiger partial charge in [0.25, 0.3) is 0 Å². The Morgan fingerprint density at radius 3 is 2.45 bits per heavy atom. The molecule has 1 amide bonds. The maximum absolute atomic E-state index is 13.5. The maximum Gasteiger partial charge on any atom is 0.225 e. The van der Waals surface area contributed by atoms with Gasteiger partial charge >= 0.3 is 0 Å². The number of benzene rings is 1. The van der Waals surface area contributed by atoms with Crippen molar-refractivity contribution in [2.75, 3.05) is 26.2 Å². The Labute approximate surface area is 182 Å². The van der Waals surface area contributed by atoms with E-state index in [0.717, 1.165) is 68.2 Å². The second-order valence-corrected chi connectivity index (χ2v) is 8.78. The molecule has 0 radical (unpaired) electrons. The zero-order valence-electron chi connectivity index (χ0n) is 17.8. The fraction of sp³-hybridized carbons (Fsp3) is 0.440. The van der Waals surface area contributed by atoms with Gasteiger partial charge in [0.1, 0.15) is 11.5 Å². The summed E-state index contributed by atoms with van der Waals surface area (Å²) in [7, 11) is 0. The summed E-state index contributed by atoms with van der Waals surface area (Å²) in [5.41, 5.74) is 3.82. The van der Waals surface area contributed by atoms with Crippen LogP contribution < -0.4 is 0 Å². The molecule has 1 aliphatic carbocycles. The van der Waals surface area contributed by atoms with Crippen LogP contribution in [-0.2, 0) is 11.3 Å². The molecule has 5 nitrogen and oxygen atoms in total. The van der Waals surface area contributed by atoms with Crippen LogP contribution in [0, 0.1) is 11.7 Å². The van der Waals surface area contributed by atoms with E-state index in [0.29, 0.717) is 5.91 Å². The number of carbonyl (C=O) groups is 1. The third kappa shape index (κ3) is 4.22. The fourth-order valence-electron chi connectivity index (χ4n) is 4.98. The number of aromatic nitrogens is 2. The Morgan fingerprint density at radius 2 is 1.71 bits per heavy atom. The van der Waals surface area contributed by atoms with Crippen LogP contribution in [0.25, 0.3) is 16.9 Å². The van der Waals surface area contributed by atoms with E-state index in [1.165, 1.54) is 31.4 Å². The normalized spacial score (nSPS) is 18.5. The average Bonchev–Trinajstić information content (AvgIpc) is 3.18. The van der Waals surface area contributed by atoms with Crippen molar-refractivity contribution < 1.29 is 9.18 Å². The van der Waals surface area contributed by atoms with Crippen molar-refractivity contribution in [3.05, 3.63) is 60.2 Å². The topological polar surface area (TPSA) is 40.9 Å². The van der Waals surface area contributed by atoms with E-state index < -0.39 is 0 Å². The van der Waals surface area contributed by atoms with Crippen LogP contribution in [0.3, 0.4) is 0 Å². The molecule has 2 fully saturated rings. The molecule has 162 valence electrons. The van der Waals surface area contributed by atoms with Crippen molar-refractivity contribution >= 4 is 11.6 Å². The van der Waals surface area contributed by atoms with Gasteiger partial charge in [-0.05, 0) is 49.2 Å². The number of imidazole rings is 1. The number of rotatable bonds is 4. The lowest BCUT2D eigenvalue weighted by Crippen LogP contribution is -2.50. The summed E-state index contributed by atoms with van der Waals surface area (Å²) in [5.74, 6) is 0.359. The summed E-state index contributed by atoms with van der Waals surface area (Å²) in [6, 6.07) is 12.5. The molecule has 1 aromatic carbocycles. The molecule has 0 N–H and O–H groups in total. The maximum atomic E-state index is 13.5. The summed E-state index contributed by atoms with van der Waals surface area (Å²) in [4.78, 5) is 22.2. The van der Waals surface area contributed by atoms with Gasteiger partial charge in [-0.1, -0.05) is 25.3 Å². The number of nitrogens with zero attached hydrogens (tertiary/aromatic N) is 4. The van der Waals surface area contributed by atoms with Gasteiger partial charge in [-0.15, -0.1) is 0 Å². The molecule has 0 unspecified atom stereocenters. The Morgan fingerprint density at radius 1 is 0.968 bits per heavy atom. The molecule has 31 heavy (non-hydrogen) atoms. The third-order valence-corrected chi connectivity index (χ3v) is 6.76. The van der Waals surface area contributed by atoms with Crippen LogP contribution in [0.2, 0.25) is 0 Å². The molecule has 1 saturated heterocycles. The van der Waals surface area contributed by atoms with E-state index in [1.54, 1.807) is 12.1 Å². The zero-order chi connectivity index (χ0) is 21.2. The second-order valence-electron chi connectivity index (χ2n) is 8.78. The average molecular weight is 421 g/mol. The van der Waals surface area contributed by atoms with Crippen molar-refractivity contribution in [2.24, 2.45) is 5.92 Å². The van der Waals surface area contributed by atoms with Crippen molar-refractivity contribution in [2.45, 2.75) is 38.6 Å². The summed E-state index contributed by atoms with van der Waals surface area (Å²) in [6.07, 6.45) is 7.80. The Bertz CT molecular complexity index is 1050. The quantitative estimate of drug-likeness (QED) is 0.630. The summed E-state index contributed by atoms with van der Waals surface area (Å²) in [5, 5.41) is 0. The number of pyridine rings is 1. The first-order chi connectivity index (χ1) is 15.2. The number of halogens is 1. The van der Waals surface area contributed by atoms with E-state index in [2.05, 4.69) is 14.2 Å². The Hall–Kier alpha value is -2.73. The highest BCUT2D eigenvalue weighted by molar-refractivity contribution is 5.79. The molecule has 0 atom stereocenters. The minimum absolute atomic E-state index is 0.240. The van der Waals surface area contributed by atoms with E-state index >= 15 is 0 Å². The Balaban J connectivity index is 1.32. The predicted molar refractivity (Wildman–Crippen MR) is 119 cm³/mol. The van der Waals surface area contributed by atoms with Crippen molar-refractivity contribution in [3.8, 4) is 11.3 Å². The van der Waals surface area contributed by atoms with Crippen molar-refractivity contribution in [3.63, 3.8) is 0 Å². The van der Waals surface area contributed by atoms with Gasteiger partial charge in [0.2, 0.25) is 5.91 Å². The molecule has 5 rings (SSSR count). The fourth-order valence-corrected chi connectivity index (χ4v) is 4.98. The molecule has 0 bridgehead atoms. The molecule has 2 aliphatic rings. The Kier molecular flexibility index (Phi) is 5.72. The van der Waals surface area contributed by atoms with Crippen molar-refractivity contribution in [1.82, 2.24) is 19.2 Å². The molecular formula is C25H29FN4O. The molecule has 3 aromatic rings. The van der Waals surface area contributed by atoms with Gasteiger partial charge in [-0.25, -0.2) is 9.37 Å². The minimum Gasteiger partial charge on any atom is -0.340 e. The smallest absolute Gasteiger partial charge is 0.225 e. The molecule has 6 heteroatoms. The zero-order valence-corrected chi connectivity index (χ0v) is 17.8. The monoisotopic (exact) mass is 420 g/mol. The second kappa shape index (κ2) is 8.79. The number of amides is 1. The number of hydrogen-bond donors (Lipinski definition) is 0. The SMILES string of the molecule is O=C(C1CCCCC1)N1CCN(Cc2c(-c3ccc(F)cc3)nc3ccccn23)CC1. The van der Waals surface area contributed by atoms with Gasteiger partial charge in [-0.3, -0.25) is 9.69 Å². The number of hydrogen-bond acceptors (Lipinski definition) is 3. The molecule has 2 aromatic heterocycles. The van der Waals surface area contributed by atoms with Gasteiger partial charge < -0.3 is 9.30 Å². The third-order valence-electron chi connectivity index (χ3n) is 6.76.